The van der Waals surface area contributed by atoms with Gasteiger partial charge in [0.2, 0.25) is 5.91 Å². The first-order valence-electron chi connectivity index (χ1n) is 17.0. The molecule has 5 atom stereocenters. The minimum atomic E-state index is -0.960. The molecule has 9 heteroatoms. The highest BCUT2D eigenvalue weighted by Crippen LogP contribution is 2.45. The van der Waals surface area contributed by atoms with Crippen LogP contribution in [-0.2, 0) is 14.4 Å². The number of likely N-dealkylation sites (N-methyl/N-ethyl adjacent to an activating group) is 2. The number of nitrogens with zero attached hydrogens (tertiary/aromatic N) is 3. The molecule has 2 N–H and O–H groups in total. The summed E-state index contributed by atoms with van der Waals surface area (Å²) in [5.74, 6) is -0.679. The van der Waals surface area contributed by atoms with Gasteiger partial charge in [0.15, 0.2) is 6.04 Å². The lowest BCUT2D eigenvalue weighted by Gasteiger charge is -2.45. The standard InChI is InChI=1S/C36H57ClN4O4/c1-10-38-31(43)30-19-25(40(33(45)36(7,8)23-42)24-15-17-35(5,6)18-16-24)22-41(30,9)32(44)28-21-39(34(2,3)4)20-27(28)26-13-11-12-14-29(26)37/h11-14,24-25,27-28,30,42H,10,15-23H2,1-9H3/p+1/t25-,27-,28+,30-,41?/m0/s1. The summed E-state index contributed by atoms with van der Waals surface area (Å²) in [6.45, 7) is 18.4. The van der Waals surface area contributed by atoms with Gasteiger partial charge in [-0.25, -0.2) is 4.79 Å². The molecule has 0 radical (unpaired) electrons. The van der Waals surface area contributed by atoms with Crippen LogP contribution in [0.4, 0.5) is 0 Å². The Morgan fingerprint density at radius 2 is 1.69 bits per heavy atom. The molecule has 3 aliphatic rings. The number of likely N-dealkylation sites (tertiary alicyclic amines) is 2. The second kappa shape index (κ2) is 13.2. The fourth-order valence-electron chi connectivity index (χ4n) is 8.01. The van der Waals surface area contributed by atoms with Gasteiger partial charge in [0.25, 0.3) is 5.91 Å². The molecule has 1 aliphatic carbocycles. The van der Waals surface area contributed by atoms with Crippen molar-refractivity contribution in [1.82, 2.24) is 15.1 Å². The van der Waals surface area contributed by atoms with E-state index in [-0.39, 0.29) is 63.7 Å². The predicted octanol–water partition coefficient (Wildman–Crippen LogP) is 5.22. The van der Waals surface area contributed by atoms with E-state index in [1.54, 1.807) is 13.8 Å². The fraction of sp³-hybridized carbons (Fsp3) is 0.750. The molecule has 0 spiro atoms. The van der Waals surface area contributed by atoms with Crippen LogP contribution in [-0.4, -0.2) is 101 Å². The molecule has 1 aromatic rings. The van der Waals surface area contributed by atoms with Gasteiger partial charge in [-0.15, -0.1) is 0 Å². The molecule has 3 fully saturated rings. The van der Waals surface area contributed by atoms with Crippen molar-refractivity contribution in [1.29, 1.82) is 0 Å². The average molecular weight is 646 g/mol. The summed E-state index contributed by atoms with van der Waals surface area (Å²) in [6.07, 6.45) is 4.16. The van der Waals surface area contributed by atoms with Crippen LogP contribution >= 0.6 is 11.6 Å². The molecule has 1 aromatic carbocycles. The van der Waals surface area contributed by atoms with Gasteiger partial charge in [-0.05, 0) is 84.3 Å². The molecule has 2 aliphatic heterocycles. The number of hydrogen-bond donors (Lipinski definition) is 2. The maximum atomic E-state index is 15.1. The van der Waals surface area contributed by atoms with Crippen molar-refractivity contribution in [2.75, 3.05) is 39.8 Å². The maximum absolute atomic E-state index is 15.1. The molecule has 1 unspecified atom stereocenters. The lowest BCUT2D eigenvalue weighted by Crippen LogP contribution is -2.62. The van der Waals surface area contributed by atoms with E-state index in [2.05, 4.69) is 44.8 Å². The van der Waals surface area contributed by atoms with Gasteiger partial charge < -0.3 is 15.3 Å². The van der Waals surface area contributed by atoms with Gasteiger partial charge in [0, 0.05) is 48.6 Å². The van der Waals surface area contributed by atoms with Crippen LogP contribution in [0.15, 0.2) is 24.3 Å². The van der Waals surface area contributed by atoms with Crippen LogP contribution in [0.2, 0.25) is 5.02 Å². The number of halogens is 1. The van der Waals surface area contributed by atoms with Crippen LogP contribution < -0.4 is 5.32 Å². The first-order chi connectivity index (χ1) is 20.9. The number of quaternary nitrogens is 1. The van der Waals surface area contributed by atoms with E-state index in [9.17, 15) is 14.7 Å². The average Bonchev–Trinajstić information content (AvgIpc) is 3.57. The molecule has 2 heterocycles. The molecule has 252 valence electrons. The summed E-state index contributed by atoms with van der Waals surface area (Å²) in [6, 6.07) is 6.89. The van der Waals surface area contributed by atoms with Crippen LogP contribution in [0.5, 0.6) is 0 Å². The molecular formula is C36H58ClN4O4+. The van der Waals surface area contributed by atoms with Gasteiger partial charge in [-0.2, -0.15) is 0 Å². The van der Waals surface area contributed by atoms with E-state index < -0.39 is 11.5 Å². The van der Waals surface area contributed by atoms with Gasteiger partial charge in [0.05, 0.1) is 31.0 Å². The maximum Gasteiger partial charge on any atom is 0.319 e. The first kappa shape index (κ1) is 35.8. The highest BCUT2D eigenvalue weighted by molar-refractivity contribution is 6.31. The van der Waals surface area contributed by atoms with E-state index in [0.29, 0.717) is 37.6 Å². The SMILES string of the molecule is CCNC(=O)[C@@H]1C[C@H](N(C(=O)C(C)(C)CO)C2CCC(C)(C)CC2)C[N+]1(C)C(=O)[C@@H]1CN(C(C)(C)C)C[C@H]1c1ccccc1Cl. The van der Waals surface area contributed by atoms with Gasteiger partial charge in [0.1, 0.15) is 6.54 Å². The minimum absolute atomic E-state index is 0.0108. The zero-order valence-electron chi connectivity index (χ0n) is 29.2. The second-order valence-electron chi connectivity index (χ2n) is 16.5. The number of carbonyl (C=O) groups is 3. The number of amides is 3. The van der Waals surface area contributed by atoms with Crippen LogP contribution in [0, 0.1) is 16.7 Å². The molecule has 0 bridgehead atoms. The Morgan fingerprint density at radius 3 is 2.24 bits per heavy atom. The Hall–Kier alpha value is -2.00. The number of carbonyl (C=O) groups excluding carboxylic acids is 3. The molecule has 0 aromatic heterocycles. The zero-order chi connectivity index (χ0) is 33.5. The molecule has 8 nitrogen and oxygen atoms in total. The normalized spacial score (nSPS) is 29.5. The van der Waals surface area contributed by atoms with E-state index in [1.165, 1.54) is 0 Å². The van der Waals surface area contributed by atoms with E-state index in [4.69, 9.17) is 11.6 Å². The lowest BCUT2D eigenvalue weighted by atomic mass is 9.74. The Balaban J connectivity index is 1.76. The second-order valence-corrected chi connectivity index (χ2v) is 17.0. The summed E-state index contributed by atoms with van der Waals surface area (Å²) in [7, 11) is 1.91. The summed E-state index contributed by atoms with van der Waals surface area (Å²) in [5.41, 5.74) is 0.0745. The van der Waals surface area contributed by atoms with Gasteiger partial charge in [-0.3, -0.25) is 19.0 Å². The Labute approximate surface area is 276 Å². The minimum Gasteiger partial charge on any atom is -0.395 e. The molecule has 3 amide bonds. The number of nitrogens with one attached hydrogen (secondary N) is 1. The predicted molar refractivity (Wildman–Crippen MR) is 180 cm³/mol. The lowest BCUT2D eigenvalue weighted by molar-refractivity contribution is -0.840. The summed E-state index contributed by atoms with van der Waals surface area (Å²) in [4.78, 5) is 47.5. The van der Waals surface area contributed by atoms with E-state index >= 15 is 4.79 Å². The Bertz CT molecular complexity index is 1250. The van der Waals surface area contributed by atoms with Crippen LogP contribution in [0.25, 0.3) is 0 Å². The van der Waals surface area contributed by atoms with Gasteiger partial charge in [-0.1, -0.05) is 43.6 Å². The van der Waals surface area contributed by atoms with Crippen molar-refractivity contribution in [3.05, 3.63) is 34.9 Å². The smallest absolute Gasteiger partial charge is 0.319 e. The fourth-order valence-corrected chi connectivity index (χ4v) is 8.29. The molecule has 4 rings (SSSR count). The molecule has 2 saturated heterocycles. The van der Waals surface area contributed by atoms with E-state index in [0.717, 1.165) is 31.2 Å². The van der Waals surface area contributed by atoms with Crippen molar-refractivity contribution in [2.24, 2.45) is 16.7 Å². The van der Waals surface area contributed by atoms with Crippen molar-refractivity contribution < 1.29 is 24.0 Å². The quantitative estimate of drug-likeness (QED) is 0.379. The van der Waals surface area contributed by atoms with Crippen molar-refractivity contribution >= 4 is 29.3 Å². The first-order valence-corrected chi connectivity index (χ1v) is 17.3. The Morgan fingerprint density at radius 1 is 1.07 bits per heavy atom. The number of aliphatic hydroxyl groups is 1. The number of rotatable bonds is 8. The number of hydrogen-bond acceptors (Lipinski definition) is 5. The highest BCUT2D eigenvalue weighted by Gasteiger charge is 2.60. The highest BCUT2D eigenvalue weighted by atomic mass is 35.5. The van der Waals surface area contributed by atoms with Gasteiger partial charge >= 0.3 is 5.91 Å². The third kappa shape index (κ3) is 7.29. The van der Waals surface area contributed by atoms with Crippen molar-refractivity contribution in [3.63, 3.8) is 0 Å². The zero-order valence-corrected chi connectivity index (χ0v) is 29.9. The number of aliphatic hydroxyl groups excluding tert-OH is 1. The number of benzene rings is 1. The van der Waals surface area contributed by atoms with Crippen LogP contribution in [0.3, 0.4) is 0 Å². The third-order valence-corrected chi connectivity index (χ3v) is 11.5. The van der Waals surface area contributed by atoms with E-state index in [1.807, 2.05) is 43.1 Å². The Kier molecular flexibility index (Phi) is 10.6. The molecular weight excluding hydrogens is 588 g/mol. The van der Waals surface area contributed by atoms with Crippen molar-refractivity contribution in [2.45, 2.75) is 117 Å². The summed E-state index contributed by atoms with van der Waals surface area (Å²) >= 11 is 6.75. The summed E-state index contributed by atoms with van der Waals surface area (Å²) in [5, 5.41) is 13.9. The molecule has 1 saturated carbocycles. The topological polar surface area (TPSA) is 90.0 Å². The third-order valence-electron chi connectivity index (χ3n) is 11.1. The van der Waals surface area contributed by atoms with Crippen LogP contribution in [0.1, 0.15) is 99.0 Å². The molecule has 45 heavy (non-hydrogen) atoms. The summed E-state index contributed by atoms with van der Waals surface area (Å²) < 4.78 is -0.0539. The van der Waals surface area contributed by atoms with Crippen molar-refractivity contribution in [3.8, 4) is 0 Å². The largest absolute Gasteiger partial charge is 0.395 e. The monoisotopic (exact) mass is 645 g/mol.